The lowest BCUT2D eigenvalue weighted by Crippen LogP contribution is -2.27. The molecule has 0 saturated heterocycles. The van der Waals surface area contributed by atoms with Gasteiger partial charge in [0.05, 0.1) is 13.0 Å². The summed E-state index contributed by atoms with van der Waals surface area (Å²) in [5, 5.41) is 20.0. The Bertz CT molecular complexity index is 440. The molecule has 0 aliphatic heterocycles. The molecule has 0 radical (unpaired) electrons. The molecular formula is C13H15NO4. The number of benzene rings is 1. The van der Waals surface area contributed by atoms with Crippen molar-refractivity contribution in [2.45, 2.75) is 6.42 Å². The third-order valence-electron chi connectivity index (χ3n) is 2.20. The number of carboxylic acid groups (broad SMARTS) is 1. The van der Waals surface area contributed by atoms with Crippen LogP contribution in [0.5, 0.6) is 0 Å². The van der Waals surface area contributed by atoms with Crippen molar-refractivity contribution < 1.29 is 19.8 Å². The van der Waals surface area contributed by atoms with Crippen LogP contribution < -0.4 is 5.32 Å². The number of carboxylic acids is 1. The Morgan fingerprint density at radius 2 is 1.89 bits per heavy atom. The molecule has 0 unspecified atom stereocenters. The second-order valence-electron chi connectivity index (χ2n) is 3.64. The zero-order valence-electron chi connectivity index (χ0n) is 9.80. The Morgan fingerprint density at radius 3 is 2.44 bits per heavy atom. The van der Waals surface area contributed by atoms with Crippen LogP contribution in [0.3, 0.4) is 0 Å². The number of carbonyl (C=O) groups excluding carboxylic acids is 1. The van der Waals surface area contributed by atoms with Crippen molar-refractivity contribution in [2.75, 3.05) is 13.2 Å². The average molecular weight is 249 g/mol. The van der Waals surface area contributed by atoms with Gasteiger partial charge in [0.25, 0.3) is 0 Å². The molecule has 18 heavy (non-hydrogen) atoms. The Kier molecular flexibility index (Phi) is 5.60. The molecule has 3 N–H and O–H groups in total. The highest BCUT2D eigenvalue weighted by Crippen LogP contribution is 2.10. The fraction of sp³-hybridized carbons (Fsp3) is 0.231. The summed E-state index contributed by atoms with van der Waals surface area (Å²) in [5.41, 5.74) is 0.737. The van der Waals surface area contributed by atoms with Gasteiger partial charge < -0.3 is 15.5 Å². The zero-order chi connectivity index (χ0) is 13.4. The van der Waals surface area contributed by atoms with Crippen molar-refractivity contribution in [2.24, 2.45) is 0 Å². The fourth-order valence-electron chi connectivity index (χ4n) is 1.37. The van der Waals surface area contributed by atoms with Gasteiger partial charge in [0.1, 0.15) is 0 Å². The van der Waals surface area contributed by atoms with Gasteiger partial charge in [0.15, 0.2) is 0 Å². The van der Waals surface area contributed by atoms with E-state index in [0.717, 1.165) is 5.56 Å². The maximum Gasteiger partial charge on any atom is 0.332 e. The maximum absolute atomic E-state index is 11.4. The lowest BCUT2D eigenvalue weighted by Gasteiger charge is -2.04. The van der Waals surface area contributed by atoms with Crippen LogP contribution in [-0.4, -0.2) is 35.2 Å². The van der Waals surface area contributed by atoms with E-state index in [-0.39, 0.29) is 25.1 Å². The quantitative estimate of drug-likeness (QED) is 0.646. The summed E-state index contributed by atoms with van der Waals surface area (Å²) < 4.78 is 0. The number of aliphatic carboxylic acids is 1. The molecule has 0 aliphatic carbocycles. The van der Waals surface area contributed by atoms with E-state index in [1.807, 2.05) is 6.07 Å². The third-order valence-corrected chi connectivity index (χ3v) is 2.20. The second kappa shape index (κ2) is 7.24. The van der Waals surface area contributed by atoms with Gasteiger partial charge in [0, 0.05) is 12.1 Å². The summed E-state index contributed by atoms with van der Waals surface area (Å²) in [6.45, 7) is -0.0480. The van der Waals surface area contributed by atoms with E-state index in [4.69, 9.17) is 10.2 Å². The van der Waals surface area contributed by atoms with Gasteiger partial charge in [-0.15, -0.1) is 0 Å². The highest BCUT2D eigenvalue weighted by molar-refractivity contribution is 5.98. The van der Waals surface area contributed by atoms with Gasteiger partial charge >= 0.3 is 5.97 Å². The maximum atomic E-state index is 11.4. The normalized spacial score (nSPS) is 11.1. The van der Waals surface area contributed by atoms with Crippen molar-refractivity contribution in [1.82, 2.24) is 5.32 Å². The lowest BCUT2D eigenvalue weighted by atomic mass is 10.1. The molecule has 0 saturated carbocycles. The van der Waals surface area contributed by atoms with Crippen molar-refractivity contribution in [3.63, 3.8) is 0 Å². The highest BCUT2D eigenvalue weighted by Gasteiger charge is 2.12. The molecule has 0 spiro atoms. The molecule has 96 valence electrons. The number of carbonyl (C=O) groups is 2. The van der Waals surface area contributed by atoms with Crippen LogP contribution in [0.4, 0.5) is 0 Å². The monoisotopic (exact) mass is 249 g/mol. The van der Waals surface area contributed by atoms with E-state index in [0.29, 0.717) is 0 Å². The predicted octanol–water partition coefficient (Wildman–Crippen LogP) is 0.653. The minimum Gasteiger partial charge on any atom is -0.478 e. The Hall–Kier alpha value is -2.14. The Labute approximate surface area is 105 Å². The van der Waals surface area contributed by atoms with E-state index in [9.17, 15) is 9.59 Å². The summed E-state index contributed by atoms with van der Waals surface area (Å²) in [4.78, 5) is 22.4. The Balaban J connectivity index is 2.75. The number of amides is 1. The van der Waals surface area contributed by atoms with Crippen molar-refractivity contribution >= 4 is 18.0 Å². The lowest BCUT2D eigenvalue weighted by molar-refractivity contribution is -0.134. The van der Waals surface area contributed by atoms with E-state index >= 15 is 0 Å². The molecule has 0 fully saturated rings. The second-order valence-corrected chi connectivity index (χ2v) is 3.64. The van der Waals surface area contributed by atoms with Gasteiger partial charge in [-0.25, -0.2) is 4.79 Å². The number of hydrogen-bond acceptors (Lipinski definition) is 3. The molecule has 0 heterocycles. The molecule has 5 nitrogen and oxygen atoms in total. The molecule has 1 amide bonds. The average Bonchev–Trinajstić information content (AvgIpc) is 2.36. The first-order chi connectivity index (χ1) is 8.63. The molecule has 1 rings (SSSR count). The van der Waals surface area contributed by atoms with Gasteiger partial charge in [-0.2, -0.15) is 0 Å². The zero-order valence-corrected chi connectivity index (χ0v) is 9.80. The third kappa shape index (κ3) is 4.80. The van der Waals surface area contributed by atoms with Crippen LogP contribution in [0.15, 0.2) is 35.9 Å². The van der Waals surface area contributed by atoms with E-state index in [2.05, 4.69) is 5.32 Å². The van der Waals surface area contributed by atoms with Crippen LogP contribution in [0.2, 0.25) is 0 Å². The Morgan fingerprint density at radius 1 is 1.22 bits per heavy atom. The van der Waals surface area contributed by atoms with Gasteiger partial charge in [0.2, 0.25) is 5.91 Å². The smallest absolute Gasteiger partial charge is 0.332 e. The van der Waals surface area contributed by atoms with E-state index < -0.39 is 11.9 Å². The van der Waals surface area contributed by atoms with Gasteiger partial charge in [-0.1, -0.05) is 30.3 Å². The first-order valence-corrected chi connectivity index (χ1v) is 5.50. The summed E-state index contributed by atoms with van der Waals surface area (Å²) in [7, 11) is 0. The number of aliphatic hydroxyl groups is 1. The SMILES string of the molecule is O=C(C/C(=C\c1ccccc1)C(=O)O)NCCO. The molecule has 0 bridgehead atoms. The molecule has 0 atom stereocenters. The first-order valence-electron chi connectivity index (χ1n) is 5.50. The number of rotatable bonds is 6. The number of aliphatic hydroxyl groups excluding tert-OH is 1. The van der Waals surface area contributed by atoms with Crippen LogP contribution in [0.1, 0.15) is 12.0 Å². The molecular weight excluding hydrogens is 234 g/mol. The summed E-state index contributed by atoms with van der Waals surface area (Å²) >= 11 is 0. The van der Waals surface area contributed by atoms with Gasteiger partial charge in [-0.3, -0.25) is 4.79 Å². The van der Waals surface area contributed by atoms with Crippen molar-refractivity contribution in [3.05, 3.63) is 41.5 Å². The molecule has 0 aliphatic rings. The molecule has 5 heteroatoms. The summed E-state index contributed by atoms with van der Waals surface area (Å²) in [6, 6.07) is 8.92. The largest absolute Gasteiger partial charge is 0.478 e. The van der Waals surface area contributed by atoms with E-state index in [1.54, 1.807) is 24.3 Å². The molecule has 0 aromatic heterocycles. The van der Waals surface area contributed by atoms with Crippen LogP contribution >= 0.6 is 0 Å². The number of nitrogens with one attached hydrogen (secondary N) is 1. The minimum atomic E-state index is -1.13. The van der Waals surface area contributed by atoms with E-state index in [1.165, 1.54) is 6.08 Å². The standard InChI is InChI=1S/C13H15NO4/c15-7-6-14-12(16)9-11(13(17)18)8-10-4-2-1-3-5-10/h1-5,8,15H,6-7,9H2,(H,14,16)(H,17,18)/b11-8+. The topological polar surface area (TPSA) is 86.6 Å². The molecule has 1 aromatic carbocycles. The molecule has 1 aromatic rings. The minimum absolute atomic E-state index is 0.0108. The van der Waals surface area contributed by atoms with Crippen LogP contribution in [-0.2, 0) is 9.59 Å². The van der Waals surface area contributed by atoms with Crippen LogP contribution in [0, 0.1) is 0 Å². The van der Waals surface area contributed by atoms with Gasteiger partial charge in [-0.05, 0) is 11.6 Å². The summed E-state index contributed by atoms with van der Waals surface area (Å²) in [6.07, 6.45) is 1.24. The highest BCUT2D eigenvalue weighted by atomic mass is 16.4. The number of hydrogen-bond donors (Lipinski definition) is 3. The van der Waals surface area contributed by atoms with Crippen molar-refractivity contribution in [3.8, 4) is 0 Å². The summed E-state index contributed by atoms with van der Waals surface area (Å²) in [5.74, 6) is -1.55. The predicted molar refractivity (Wildman–Crippen MR) is 66.8 cm³/mol. The first kappa shape index (κ1) is 13.9. The van der Waals surface area contributed by atoms with Crippen molar-refractivity contribution in [1.29, 1.82) is 0 Å². The van der Waals surface area contributed by atoms with Crippen LogP contribution in [0.25, 0.3) is 6.08 Å². The fourth-order valence-corrected chi connectivity index (χ4v) is 1.37.